The summed E-state index contributed by atoms with van der Waals surface area (Å²) in [5.41, 5.74) is 9.70. The maximum Gasteiger partial charge on any atom is 0.180 e. The number of benzene rings is 2. The molecule has 122 valence electrons. The highest BCUT2D eigenvalue weighted by Crippen LogP contribution is 2.36. The summed E-state index contributed by atoms with van der Waals surface area (Å²) in [5, 5.41) is 2.51. The molecule has 0 atom stereocenters. The lowest BCUT2D eigenvalue weighted by atomic mass is 10.1. The average molecular weight is 341 g/mol. The molecule has 4 nitrogen and oxygen atoms in total. The lowest BCUT2D eigenvalue weighted by Crippen LogP contribution is -2.32. The van der Waals surface area contributed by atoms with Crippen LogP contribution in [-0.4, -0.2) is 18.1 Å². The van der Waals surface area contributed by atoms with Gasteiger partial charge in [0, 0.05) is 17.5 Å². The molecule has 2 N–H and O–H groups in total. The highest BCUT2D eigenvalue weighted by molar-refractivity contribution is 7.13. The van der Waals surface area contributed by atoms with Gasteiger partial charge in [0.05, 0.1) is 17.9 Å². The van der Waals surface area contributed by atoms with Gasteiger partial charge in [-0.2, -0.15) is 0 Å². The number of halogens is 1. The molecule has 4 rings (SSSR count). The van der Waals surface area contributed by atoms with Crippen molar-refractivity contribution >= 4 is 22.2 Å². The summed E-state index contributed by atoms with van der Waals surface area (Å²) >= 11 is 1.43. The minimum atomic E-state index is -0.218. The number of nitrogens with zero attached hydrogens (tertiary/aromatic N) is 2. The van der Waals surface area contributed by atoms with Gasteiger partial charge < -0.3 is 15.4 Å². The van der Waals surface area contributed by atoms with Crippen LogP contribution in [0.4, 0.5) is 15.2 Å². The Morgan fingerprint density at radius 3 is 2.79 bits per heavy atom. The van der Waals surface area contributed by atoms with Gasteiger partial charge >= 0.3 is 0 Å². The first-order valence-corrected chi connectivity index (χ1v) is 8.54. The lowest BCUT2D eigenvalue weighted by Gasteiger charge is -2.31. The van der Waals surface area contributed by atoms with Gasteiger partial charge in [-0.05, 0) is 35.9 Å². The van der Waals surface area contributed by atoms with Gasteiger partial charge in [-0.1, -0.05) is 12.1 Å². The predicted octanol–water partition coefficient (Wildman–Crippen LogP) is 3.93. The first-order chi connectivity index (χ1) is 11.7. The van der Waals surface area contributed by atoms with E-state index in [1.807, 2.05) is 29.6 Å². The van der Waals surface area contributed by atoms with E-state index in [2.05, 4.69) is 16.0 Å². The van der Waals surface area contributed by atoms with Crippen molar-refractivity contribution in [3.63, 3.8) is 0 Å². The third-order valence-electron chi connectivity index (χ3n) is 4.02. The van der Waals surface area contributed by atoms with Crippen LogP contribution in [0, 0.1) is 5.82 Å². The van der Waals surface area contributed by atoms with Crippen LogP contribution in [0.1, 0.15) is 5.56 Å². The van der Waals surface area contributed by atoms with Gasteiger partial charge in [-0.15, -0.1) is 11.3 Å². The van der Waals surface area contributed by atoms with Crippen molar-refractivity contribution in [2.75, 3.05) is 23.8 Å². The molecule has 1 aliphatic heterocycles. The van der Waals surface area contributed by atoms with Crippen LogP contribution < -0.4 is 15.4 Å². The van der Waals surface area contributed by atoms with Crippen molar-refractivity contribution in [2.24, 2.45) is 0 Å². The lowest BCUT2D eigenvalue weighted by molar-refractivity contribution is 0.307. The van der Waals surface area contributed by atoms with Crippen LogP contribution in [-0.2, 0) is 6.54 Å². The summed E-state index contributed by atoms with van der Waals surface area (Å²) in [6.07, 6.45) is 0. The molecule has 3 aromatic rings. The maximum atomic E-state index is 13.1. The minimum absolute atomic E-state index is 0.218. The average Bonchev–Trinajstić information content (AvgIpc) is 3.03. The molecule has 1 aromatic heterocycles. The fourth-order valence-corrected chi connectivity index (χ4v) is 3.40. The first kappa shape index (κ1) is 15.0. The molecule has 24 heavy (non-hydrogen) atoms. The largest absolute Gasteiger partial charge is 0.490 e. The molecular weight excluding hydrogens is 325 g/mol. The molecule has 0 aliphatic carbocycles. The van der Waals surface area contributed by atoms with Crippen molar-refractivity contribution in [1.29, 1.82) is 0 Å². The molecular formula is C18H16FN3OS. The molecule has 0 unspecified atom stereocenters. The zero-order valence-corrected chi connectivity index (χ0v) is 13.7. The van der Waals surface area contributed by atoms with Crippen LogP contribution in [0.15, 0.2) is 47.8 Å². The van der Waals surface area contributed by atoms with Crippen molar-refractivity contribution < 1.29 is 9.13 Å². The highest BCUT2D eigenvalue weighted by atomic mass is 32.1. The second-order valence-corrected chi connectivity index (χ2v) is 6.54. The van der Waals surface area contributed by atoms with E-state index in [0.717, 1.165) is 34.8 Å². The monoisotopic (exact) mass is 341 g/mol. The highest BCUT2D eigenvalue weighted by Gasteiger charge is 2.19. The summed E-state index contributed by atoms with van der Waals surface area (Å²) in [6, 6.07) is 12.7. The smallest absolute Gasteiger partial charge is 0.180 e. The third kappa shape index (κ3) is 2.92. The van der Waals surface area contributed by atoms with Crippen LogP contribution >= 0.6 is 11.3 Å². The summed E-state index contributed by atoms with van der Waals surface area (Å²) < 4.78 is 18.9. The molecule has 0 saturated carbocycles. The van der Waals surface area contributed by atoms with Crippen LogP contribution in [0.5, 0.6) is 5.75 Å². The van der Waals surface area contributed by atoms with Gasteiger partial charge in [0.25, 0.3) is 0 Å². The number of ether oxygens (including phenoxy) is 1. The van der Waals surface area contributed by atoms with E-state index in [0.29, 0.717) is 18.3 Å². The molecule has 0 saturated heterocycles. The maximum absolute atomic E-state index is 13.1. The summed E-state index contributed by atoms with van der Waals surface area (Å²) in [5.74, 6) is 0.639. The summed E-state index contributed by atoms with van der Waals surface area (Å²) in [6.45, 7) is 2.13. The predicted molar refractivity (Wildman–Crippen MR) is 94.9 cm³/mol. The number of rotatable bonds is 3. The summed E-state index contributed by atoms with van der Waals surface area (Å²) in [4.78, 5) is 6.59. The Morgan fingerprint density at radius 2 is 2.04 bits per heavy atom. The molecule has 0 amide bonds. The van der Waals surface area contributed by atoms with E-state index < -0.39 is 0 Å². The molecule has 6 heteroatoms. The SMILES string of the molecule is Nc1nc(-c2ccc3c(c2)N(Cc2ccc(F)cc2)CCO3)cs1. The molecule has 0 bridgehead atoms. The zero-order valence-electron chi connectivity index (χ0n) is 12.9. The molecule has 0 fully saturated rings. The molecule has 1 aliphatic rings. The van der Waals surface area contributed by atoms with Gasteiger partial charge in [-0.25, -0.2) is 9.37 Å². The molecule has 2 aromatic carbocycles. The Balaban J connectivity index is 1.66. The van der Waals surface area contributed by atoms with Gasteiger partial charge in [0.15, 0.2) is 5.13 Å². The number of nitrogens with two attached hydrogens (primary N) is 1. The second kappa shape index (κ2) is 6.13. The second-order valence-electron chi connectivity index (χ2n) is 5.65. The number of hydrogen-bond acceptors (Lipinski definition) is 5. The van der Waals surface area contributed by atoms with E-state index in [1.165, 1.54) is 23.5 Å². The van der Waals surface area contributed by atoms with Crippen molar-refractivity contribution in [1.82, 2.24) is 4.98 Å². The number of nitrogen functional groups attached to an aromatic ring is 1. The Kier molecular flexibility index (Phi) is 3.82. The van der Waals surface area contributed by atoms with E-state index >= 15 is 0 Å². The number of thiazole rings is 1. The third-order valence-corrected chi connectivity index (χ3v) is 4.70. The molecule has 0 radical (unpaired) electrons. The Bertz CT molecular complexity index is 863. The van der Waals surface area contributed by atoms with Crippen molar-refractivity contribution in [3.05, 3.63) is 59.2 Å². The quantitative estimate of drug-likeness (QED) is 0.784. The van der Waals surface area contributed by atoms with Crippen molar-refractivity contribution in [2.45, 2.75) is 6.54 Å². The van der Waals surface area contributed by atoms with Gasteiger partial charge in [0.1, 0.15) is 18.2 Å². The number of fused-ring (bicyclic) bond motifs is 1. The fraction of sp³-hybridized carbons (Fsp3) is 0.167. The van der Waals surface area contributed by atoms with E-state index in [4.69, 9.17) is 10.5 Å². The van der Waals surface area contributed by atoms with Crippen molar-refractivity contribution in [3.8, 4) is 17.0 Å². The fourth-order valence-electron chi connectivity index (χ4n) is 2.83. The van der Waals surface area contributed by atoms with E-state index in [9.17, 15) is 4.39 Å². The zero-order chi connectivity index (χ0) is 16.5. The number of anilines is 2. The summed E-state index contributed by atoms with van der Waals surface area (Å²) in [7, 11) is 0. The van der Waals surface area contributed by atoms with E-state index in [1.54, 1.807) is 0 Å². The van der Waals surface area contributed by atoms with Gasteiger partial charge in [-0.3, -0.25) is 0 Å². The van der Waals surface area contributed by atoms with Crippen LogP contribution in [0.2, 0.25) is 0 Å². The van der Waals surface area contributed by atoms with Gasteiger partial charge in [0.2, 0.25) is 0 Å². The first-order valence-electron chi connectivity index (χ1n) is 7.67. The standard InChI is InChI=1S/C18H16FN3OS/c19-14-4-1-12(2-5-14)10-22-7-8-23-17-6-3-13(9-16(17)22)15-11-24-18(20)21-15/h1-6,9,11H,7-8,10H2,(H2,20,21). The number of hydrogen-bond donors (Lipinski definition) is 1. The Morgan fingerprint density at radius 1 is 1.21 bits per heavy atom. The van der Waals surface area contributed by atoms with Crippen LogP contribution in [0.25, 0.3) is 11.3 Å². The number of aromatic nitrogens is 1. The minimum Gasteiger partial charge on any atom is -0.490 e. The normalized spacial score (nSPS) is 13.5. The Labute approximate surface area is 143 Å². The van der Waals surface area contributed by atoms with Crippen LogP contribution in [0.3, 0.4) is 0 Å². The topological polar surface area (TPSA) is 51.4 Å². The Hall–Kier alpha value is -2.60. The van der Waals surface area contributed by atoms with E-state index in [-0.39, 0.29) is 5.82 Å². The molecule has 0 spiro atoms. The molecule has 2 heterocycles.